The lowest BCUT2D eigenvalue weighted by Crippen LogP contribution is -2.54. The van der Waals surface area contributed by atoms with Crippen LogP contribution < -0.4 is 21.1 Å². The van der Waals surface area contributed by atoms with Crippen molar-refractivity contribution in [3.63, 3.8) is 0 Å². The van der Waals surface area contributed by atoms with Crippen LogP contribution in [0.4, 0.5) is 8.78 Å². The van der Waals surface area contributed by atoms with Gasteiger partial charge in [-0.25, -0.2) is 8.78 Å². The summed E-state index contributed by atoms with van der Waals surface area (Å²) in [7, 11) is 1.57. The lowest BCUT2D eigenvalue weighted by Gasteiger charge is -2.27. The molecule has 2 aromatic carbocycles. The Morgan fingerprint density at radius 2 is 1.71 bits per heavy atom. The van der Waals surface area contributed by atoms with Gasteiger partial charge in [0.2, 0.25) is 11.8 Å². The van der Waals surface area contributed by atoms with Gasteiger partial charge in [-0.05, 0) is 54.7 Å². The van der Waals surface area contributed by atoms with E-state index < -0.39 is 35.7 Å². The number of rotatable bonds is 16. The van der Waals surface area contributed by atoms with Gasteiger partial charge in [0.15, 0.2) is 0 Å². The van der Waals surface area contributed by atoms with Crippen molar-refractivity contribution in [2.45, 2.75) is 64.3 Å². The monoisotopic (exact) mass is 534 g/mol. The maximum Gasteiger partial charge on any atom is 0.237 e. The average Bonchev–Trinajstić information content (AvgIpc) is 2.87. The number of aliphatic hydroxyl groups excluding tert-OH is 1. The smallest absolute Gasteiger partial charge is 0.237 e. The lowest BCUT2D eigenvalue weighted by molar-refractivity contribution is -0.134. The van der Waals surface area contributed by atoms with Crippen LogP contribution in [0.2, 0.25) is 0 Å². The molecule has 0 fully saturated rings. The zero-order valence-corrected chi connectivity index (χ0v) is 22.4. The Balaban J connectivity index is 2.08. The lowest BCUT2D eigenvalue weighted by atomic mass is 9.99. The minimum absolute atomic E-state index is 0.0408. The fraction of sp³-hybridized carbons (Fsp3) is 0.500. The van der Waals surface area contributed by atoms with Gasteiger partial charge >= 0.3 is 0 Å². The number of halogens is 2. The normalized spacial score (nSPS) is 13.4. The minimum atomic E-state index is -1.14. The van der Waals surface area contributed by atoms with E-state index in [0.29, 0.717) is 25.4 Å². The van der Waals surface area contributed by atoms with E-state index in [2.05, 4.69) is 10.6 Å². The first-order valence-electron chi connectivity index (χ1n) is 13.0. The van der Waals surface area contributed by atoms with Gasteiger partial charge in [0.1, 0.15) is 17.4 Å². The Kier molecular flexibility index (Phi) is 13.1. The number of carbonyl (C=O) groups is 2. The number of nitrogens with zero attached hydrogens (tertiary/aromatic N) is 1. The largest absolute Gasteiger partial charge is 0.497 e. The Labute approximate surface area is 223 Å². The number of benzene rings is 2. The van der Waals surface area contributed by atoms with Crippen molar-refractivity contribution < 1.29 is 28.2 Å². The van der Waals surface area contributed by atoms with Crippen LogP contribution in [0, 0.1) is 11.6 Å². The Hall–Kier alpha value is -3.08. The molecule has 10 heteroatoms. The molecule has 38 heavy (non-hydrogen) atoms. The highest BCUT2D eigenvalue weighted by molar-refractivity contribution is 5.88. The standard InChI is InChI=1S/C28H40F2N4O4/c1-4-9-34(10-5-2)27(36)16-24(31)28(37)33-25(14-20-11-21(29)15-22(30)12-20)26(35)18-32-17-19-7-6-8-23(13-19)38-3/h6-8,11-13,15,24-26,32,35H,4-5,9-10,14,16-18,31H2,1-3H3,(H,33,37)/t24?,25-,26+/m0/s1. The zero-order chi connectivity index (χ0) is 28.1. The molecule has 3 atom stereocenters. The number of hydrogen-bond acceptors (Lipinski definition) is 6. The summed E-state index contributed by atoms with van der Waals surface area (Å²) in [5.74, 6) is -1.67. The first kappa shape index (κ1) is 31.1. The molecule has 0 saturated carbocycles. The topological polar surface area (TPSA) is 117 Å². The fourth-order valence-corrected chi connectivity index (χ4v) is 4.16. The Morgan fingerprint density at radius 3 is 2.32 bits per heavy atom. The van der Waals surface area contributed by atoms with Crippen LogP contribution in [0.15, 0.2) is 42.5 Å². The summed E-state index contributed by atoms with van der Waals surface area (Å²) in [6, 6.07) is 8.41. The highest BCUT2D eigenvalue weighted by Crippen LogP contribution is 2.14. The van der Waals surface area contributed by atoms with Crippen molar-refractivity contribution >= 4 is 11.8 Å². The predicted molar refractivity (Wildman–Crippen MR) is 142 cm³/mol. The second-order valence-electron chi connectivity index (χ2n) is 9.34. The maximum absolute atomic E-state index is 13.8. The van der Waals surface area contributed by atoms with Crippen LogP contribution in [0.25, 0.3) is 0 Å². The van der Waals surface area contributed by atoms with E-state index >= 15 is 0 Å². The van der Waals surface area contributed by atoms with Crippen molar-refractivity contribution in [2.24, 2.45) is 5.73 Å². The van der Waals surface area contributed by atoms with Gasteiger partial charge < -0.3 is 31.1 Å². The van der Waals surface area contributed by atoms with Crippen LogP contribution >= 0.6 is 0 Å². The summed E-state index contributed by atoms with van der Waals surface area (Å²) in [5.41, 5.74) is 7.24. The first-order chi connectivity index (χ1) is 18.2. The predicted octanol–water partition coefficient (Wildman–Crippen LogP) is 2.52. The molecule has 0 spiro atoms. The summed E-state index contributed by atoms with van der Waals surface area (Å²) >= 11 is 0. The third-order valence-electron chi connectivity index (χ3n) is 6.06. The van der Waals surface area contributed by atoms with E-state index in [1.54, 1.807) is 12.0 Å². The van der Waals surface area contributed by atoms with E-state index in [1.165, 1.54) is 0 Å². The molecule has 210 valence electrons. The number of methoxy groups -OCH3 is 1. The van der Waals surface area contributed by atoms with E-state index in [9.17, 15) is 23.5 Å². The van der Waals surface area contributed by atoms with E-state index in [0.717, 1.165) is 36.6 Å². The van der Waals surface area contributed by atoms with Gasteiger partial charge in [-0.3, -0.25) is 9.59 Å². The van der Waals surface area contributed by atoms with Crippen LogP contribution in [0.5, 0.6) is 5.75 Å². The van der Waals surface area contributed by atoms with E-state index in [-0.39, 0.29) is 30.9 Å². The average molecular weight is 535 g/mol. The number of aliphatic hydroxyl groups is 1. The molecule has 8 nitrogen and oxygen atoms in total. The molecule has 1 unspecified atom stereocenters. The Bertz CT molecular complexity index is 1010. The second-order valence-corrected chi connectivity index (χ2v) is 9.34. The summed E-state index contributed by atoms with van der Waals surface area (Å²) in [4.78, 5) is 27.3. The summed E-state index contributed by atoms with van der Waals surface area (Å²) in [6.07, 6.45) is 0.233. The van der Waals surface area contributed by atoms with Crippen molar-refractivity contribution in [3.8, 4) is 5.75 Å². The number of nitrogens with one attached hydrogen (secondary N) is 2. The molecule has 2 amide bonds. The molecular weight excluding hydrogens is 494 g/mol. The molecule has 5 N–H and O–H groups in total. The number of carbonyl (C=O) groups excluding carboxylic acids is 2. The molecule has 0 aromatic heterocycles. The van der Waals surface area contributed by atoms with Gasteiger partial charge in [0.05, 0.1) is 31.7 Å². The van der Waals surface area contributed by atoms with E-state index in [4.69, 9.17) is 10.5 Å². The molecule has 2 rings (SSSR count). The zero-order valence-electron chi connectivity index (χ0n) is 22.4. The fourth-order valence-electron chi connectivity index (χ4n) is 4.16. The van der Waals surface area contributed by atoms with Crippen LogP contribution in [-0.4, -0.2) is 66.8 Å². The first-order valence-corrected chi connectivity index (χ1v) is 13.0. The molecule has 0 radical (unpaired) electrons. The van der Waals surface area contributed by atoms with Gasteiger partial charge in [-0.1, -0.05) is 26.0 Å². The molecule has 0 bridgehead atoms. The quantitative estimate of drug-likeness (QED) is 0.263. The third-order valence-corrected chi connectivity index (χ3v) is 6.06. The second kappa shape index (κ2) is 16.0. The van der Waals surface area contributed by atoms with Crippen molar-refractivity contribution in [1.29, 1.82) is 0 Å². The van der Waals surface area contributed by atoms with Crippen LogP contribution in [-0.2, 0) is 22.6 Å². The Morgan fingerprint density at radius 1 is 1.05 bits per heavy atom. The van der Waals surface area contributed by atoms with Gasteiger partial charge in [0.25, 0.3) is 0 Å². The number of amides is 2. The van der Waals surface area contributed by atoms with Gasteiger partial charge in [-0.15, -0.1) is 0 Å². The molecule has 0 aliphatic carbocycles. The number of nitrogens with two attached hydrogens (primary N) is 1. The minimum Gasteiger partial charge on any atom is -0.497 e. The molecule has 0 heterocycles. The summed E-state index contributed by atoms with van der Waals surface area (Å²) in [5, 5.41) is 16.7. The third kappa shape index (κ3) is 10.4. The molecule has 0 aliphatic rings. The maximum atomic E-state index is 13.8. The van der Waals surface area contributed by atoms with Gasteiger partial charge in [0, 0.05) is 32.2 Å². The molecule has 0 aliphatic heterocycles. The summed E-state index contributed by atoms with van der Waals surface area (Å²) in [6.45, 7) is 5.58. The van der Waals surface area contributed by atoms with Crippen molar-refractivity contribution in [1.82, 2.24) is 15.5 Å². The van der Waals surface area contributed by atoms with Crippen LogP contribution in [0.1, 0.15) is 44.2 Å². The molecule has 0 saturated heterocycles. The van der Waals surface area contributed by atoms with Crippen molar-refractivity contribution in [3.05, 3.63) is 65.2 Å². The SMILES string of the molecule is CCCN(CCC)C(=O)CC(N)C(=O)N[C@@H](Cc1cc(F)cc(F)c1)[C@H](O)CNCc1cccc(OC)c1. The van der Waals surface area contributed by atoms with Gasteiger partial charge in [-0.2, -0.15) is 0 Å². The summed E-state index contributed by atoms with van der Waals surface area (Å²) < 4.78 is 32.8. The van der Waals surface area contributed by atoms with E-state index in [1.807, 2.05) is 38.1 Å². The molecule has 2 aromatic rings. The van der Waals surface area contributed by atoms with Crippen molar-refractivity contribution in [2.75, 3.05) is 26.7 Å². The highest BCUT2D eigenvalue weighted by Gasteiger charge is 2.27. The van der Waals surface area contributed by atoms with Crippen LogP contribution in [0.3, 0.4) is 0 Å². The molecular formula is C28H40F2N4O4. The number of hydrogen-bond donors (Lipinski definition) is 4. The highest BCUT2D eigenvalue weighted by atomic mass is 19.1. The number of ether oxygens (including phenoxy) is 1.